The molecule has 0 unspecified atom stereocenters. The number of benzene rings is 2. The average Bonchev–Trinajstić information content (AvgIpc) is 3.17. The van der Waals surface area contributed by atoms with E-state index in [-0.39, 0.29) is 76.1 Å². The molecule has 0 N–H and O–H groups in total. The van der Waals surface area contributed by atoms with Crippen LogP contribution in [-0.2, 0) is 20.2 Å². The molecular weight excluding hydrogens is 402 g/mol. The Kier molecular flexibility index (Phi) is 7.56. The molecule has 0 radical (unpaired) electrons. The van der Waals surface area contributed by atoms with Crippen molar-refractivity contribution in [2.24, 2.45) is 0 Å². The summed E-state index contributed by atoms with van der Waals surface area (Å²) in [4.78, 5) is -2.31. The second-order valence-corrected chi connectivity index (χ2v) is 7.58. The third kappa shape index (κ3) is 4.53. The maximum atomic E-state index is 11.5. The smallest absolute Gasteiger partial charge is 0.744 e. The van der Waals surface area contributed by atoms with Crippen molar-refractivity contribution in [3.63, 3.8) is 0 Å². The first-order valence-corrected chi connectivity index (χ1v) is 9.28. The molecular formula is C14H8N2Na2O6S2. The van der Waals surface area contributed by atoms with Gasteiger partial charge in [0.25, 0.3) is 11.4 Å². The van der Waals surface area contributed by atoms with Gasteiger partial charge in [-0.15, -0.1) is 0 Å². The summed E-state index contributed by atoms with van der Waals surface area (Å²) in [6.45, 7) is 0. The van der Waals surface area contributed by atoms with Crippen molar-refractivity contribution in [2.75, 3.05) is 0 Å². The number of hydrogen-bond acceptors (Lipinski definition) is 6. The Morgan fingerprint density at radius 1 is 0.769 bits per heavy atom. The van der Waals surface area contributed by atoms with Crippen molar-refractivity contribution in [3.05, 3.63) is 65.2 Å². The third-order valence-electron chi connectivity index (χ3n) is 3.40. The average molecular weight is 410 g/mol. The fourth-order valence-corrected chi connectivity index (χ4v) is 4.35. The van der Waals surface area contributed by atoms with Crippen LogP contribution in [0.5, 0.6) is 0 Å². The van der Waals surface area contributed by atoms with E-state index in [1.54, 1.807) is 30.3 Å². The van der Waals surface area contributed by atoms with E-state index < -0.39 is 30.0 Å². The molecule has 1 aliphatic rings. The Labute approximate surface area is 194 Å². The van der Waals surface area contributed by atoms with E-state index in [1.165, 1.54) is 0 Å². The second-order valence-electron chi connectivity index (χ2n) is 4.92. The van der Waals surface area contributed by atoms with Gasteiger partial charge in [-0.2, -0.15) is 0 Å². The van der Waals surface area contributed by atoms with Crippen molar-refractivity contribution in [1.82, 2.24) is 0 Å². The Bertz CT molecular complexity index is 1110. The summed E-state index contributed by atoms with van der Waals surface area (Å²) in [6, 6.07) is 11.3. The van der Waals surface area contributed by atoms with Gasteiger partial charge in [0, 0.05) is 0 Å². The molecule has 0 aromatic heterocycles. The maximum Gasteiger partial charge on any atom is 1.00 e. The van der Waals surface area contributed by atoms with Gasteiger partial charge in [-0.1, -0.05) is 24.3 Å². The zero-order valence-corrected chi connectivity index (χ0v) is 19.4. The summed E-state index contributed by atoms with van der Waals surface area (Å²) in [5.41, 5.74) is 10.2. The fraction of sp³-hybridized carbons (Fsp3) is 0. The summed E-state index contributed by atoms with van der Waals surface area (Å²) in [5.74, 6) is 0. The van der Waals surface area contributed by atoms with Crippen molar-refractivity contribution in [1.29, 1.82) is 0 Å². The molecule has 0 saturated heterocycles. The molecule has 3 rings (SSSR count). The quantitative estimate of drug-likeness (QED) is 0.282. The van der Waals surface area contributed by atoms with E-state index in [4.69, 9.17) is 0 Å². The van der Waals surface area contributed by atoms with Gasteiger partial charge in [0.15, 0.2) is 0 Å². The van der Waals surface area contributed by atoms with Crippen LogP contribution in [-0.4, -0.2) is 30.6 Å². The molecule has 2 aromatic rings. The van der Waals surface area contributed by atoms with E-state index in [0.717, 1.165) is 18.2 Å². The molecule has 26 heavy (non-hydrogen) atoms. The standard InChI is InChI=1S/C14H10N2O6S2.2Na/c15-16-12(9-5-2-1-3-6-9)13(16)10-7-4-8-11(23(17,18)19)14(10)24(20,21)22;;/h1-8H,(H,17,18,19)(H,20,21,22);;/q;2*+1/p-2. The minimum atomic E-state index is -5.28. The van der Waals surface area contributed by atoms with Gasteiger partial charge in [-0.05, 0) is 24.3 Å². The molecule has 0 saturated carbocycles. The minimum Gasteiger partial charge on any atom is -0.744 e. The van der Waals surface area contributed by atoms with Crippen LogP contribution in [0.4, 0.5) is 0 Å². The van der Waals surface area contributed by atoms with Crippen LogP contribution < -0.4 is 59.1 Å². The summed E-state index contributed by atoms with van der Waals surface area (Å²) in [5, 5.41) is 0. The second kappa shape index (κ2) is 8.31. The number of nitrogens with zero attached hydrogens (tertiary/aromatic N) is 2. The number of rotatable bonds is 4. The minimum absolute atomic E-state index is 0. The van der Waals surface area contributed by atoms with Gasteiger partial charge >= 0.3 is 59.1 Å². The van der Waals surface area contributed by atoms with E-state index in [2.05, 4.69) is 0 Å². The van der Waals surface area contributed by atoms with Crippen LogP contribution >= 0.6 is 0 Å². The van der Waals surface area contributed by atoms with Crippen LogP contribution in [0.25, 0.3) is 16.9 Å². The van der Waals surface area contributed by atoms with E-state index in [0.29, 0.717) is 10.3 Å². The summed E-state index contributed by atoms with van der Waals surface area (Å²) in [7, 11) is -10.5. The van der Waals surface area contributed by atoms with Crippen LogP contribution in [0.2, 0.25) is 0 Å². The van der Waals surface area contributed by atoms with E-state index in [9.17, 15) is 31.5 Å². The molecule has 0 spiro atoms. The first-order chi connectivity index (χ1) is 11.1. The predicted molar refractivity (Wildman–Crippen MR) is 79.2 cm³/mol. The zero-order chi connectivity index (χ0) is 17.7. The summed E-state index contributed by atoms with van der Waals surface area (Å²) >= 11 is 0. The van der Waals surface area contributed by atoms with Crippen molar-refractivity contribution < 1.29 is 89.8 Å². The third-order valence-corrected chi connectivity index (χ3v) is 5.35. The van der Waals surface area contributed by atoms with Gasteiger partial charge in [-0.3, -0.25) is 0 Å². The Hall–Kier alpha value is -0.400. The van der Waals surface area contributed by atoms with Gasteiger partial charge in [0.1, 0.15) is 20.2 Å². The zero-order valence-electron chi connectivity index (χ0n) is 13.8. The van der Waals surface area contributed by atoms with Crippen molar-refractivity contribution in [2.45, 2.75) is 9.79 Å². The molecule has 0 amide bonds. The summed E-state index contributed by atoms with van der Waals surface area (Å²) < 4.78 is 69.0. The molecule has 2 aromatic carbocycles. The Morgan fingerprint density at radius 3 is 1.85 bits per heavy atom. The Morgan fingerprint density at radius 2 is 1.35 bits per heavy atom. The van der Waals surface area contributed by atoms with Crippen LogP contribution in [0.15, 0.2) is 58.3 Å². The number of hydrogen-bond donors (Lipinski definition) is 0. The maximum absolute atomic E-state index is 11.5. The van der Waals surface area contributed by atoms with Gasteiger partial charge in [0.05, 0.1) is 20.9 Å². The monoisotopic (exact) mass is 410 g/mol. The van der Waals surface area contributed by atoms with E-state index >= 15 is 0 Å². The first-order valence-electron chi connectivity index (χ1n) is 6.46. The molecule has 0 fully saturated rings. The normalized spacial score (nSPS) is 13.7. The Balaban J connectivity index is 0.00000169. The molecule has 8 nitrogen and oxygen atoms in total. The van der Waals surface area contributed by atoms with Gasteiger partial charge in [0.2, 0.25) is 0 Å². The largest absolute Gasteiger partial charge is 1.00 e. The molecule has 0 atom stereocenters. The molecule has 1 aliphatic heterocycles. The molecule has 12 heteroatoms. The van der Waals surface area contributed by atoms with Crippen molar-refractivity contribution in [3.8, 4) is 0 Å². The van der Waals surface area contributed by atoms with Crippen LogP contribution in [0.3, 0.4) is 0 Å². The van der Waals surface area contributed by atoms with Gasteiger partial charge in [-0.25, -0.2) is 21.5 Å². The fourth-order valence-electron chi connectivity index (χ4n) is 2.41. The molecule has 1 heterocycles. The molecule has 124 valence electrons. The summed E-state index contributed by atoms with van der Waals surface area (Å²) in [6.07, 6.45) is 0. The topological polar surface area (TPSA) is 140 Å². The van der Waals surface area contributed by atoms with E-state index in [1.807, 2.05) is 0 Å². The SMILES string of the molecule is [N-]=[N+]1C(c2ccccc2)=C1c1cccc(S(=O)(=O)[O-])c1S(=O)(=O)[O-].[Na+].[Na+]. The van der Waals surface area contributed by atoms with Crippen LogP contribution in [0, 0.1) is 0 Å². The van der Waals surface area contributed by atoms with Crippen LogP contribution in [0.1, 0.15) is 11.1 Å². The van der Waals surface area contributed by atoms with Crippen molar-refractivity contribution >= 4 is 31.6 Å². The van der Waals surface area contributed by atoms with Gasteiger partial charge < -0.3 is 14.6 Å². The predicted octanol–water partition coefficient (Wildman–Crippen LogP) is -4.62. The molecule has 0 aliphatic carbocycles. The molecule has 0 bridgehead atoms. The first kappa shape index (κ1) is 23.6.